The summed E-state index contributed by atoms with van der Waals surface area (Å²) in [6, 6.07) is 13.3. The quantitative estimate of drug-likeness (QED) is 0.827. The van der Waals surface area contributed by atoms with Crippen molar-refractivity contribution in [2.45, 2.75) is 26.2 Å². The van der Waals surface area contributed by atoms with Crippen LogP contribution in [0.4, 0.5) is 10.1 Å². The molecule has 0 atom stereocenters. The Bertz CT molecular complexity index is 798. The number of benzene rings is 2. The molecule has 3 rings (SSSR count). The standard InChI is InChI=1S/C22H25FN2O3/c1-2-28-20-9-7-19(8-10-20)24-22(27)17-11-13-25(14-12-17)21(26)15-16-3-5-18(23)6-4-16/h3-10,17H,2,11-15H2,1H3,(H,24,27). The van der Waals surface area contributed by atoms with Crippen LogP contribution in [-0.2, 0) is 16.0 Å². The van der Waals surface area contributed by atoms with Crippen LogP contribution in [-0.4, -0.2) is 36.4 Å². The van der Waals surface area contributed by atoms with Gasteiger partial charge in [0.25, 0.3) is 0 Å². The van der Waals surface area contributed by atoms with E-state index in [-0.39, 0.29) is 30.0 Å². The van der Waals surface area contributed by atoms with Gasteiger partial charge < -0.3 is 15.0 Å². The smallest absolute Gasteiger partial charge is 0.227 e. The highest BCUT2D eigenvalue weighted by molar-refractivity contribution is 5.92. The maximum atomic E-state index is 13.0. The van der Waals surface area contributed by atoms with Crippen molar-refractivity contribution in [3.63, 3.8) is 0 Å². The molecule has 0 aliphatic carbocycles. The molecular formula is C22H25FN2O3. The predicted molar refractivity (Wildman–Crippen MR) is 106 cm³/mol. The molecule has 0 bridgehead atoms. The Kier molecular flexibility index (Phi) is 6.63. The largest absolute Gasteiger partial charge is 0.494 e. The van der Waals surface area contributed by atoms with E-state index in [9.17, 15) is 14.0 Å². The van der Waals surface area contributed by atoms with Crippen molar-refractivity contribution in [2.75, 3.05) is 25.0 Å². The lowest BCUT2D eigenvalue weighted by Crippen LogP contribution is -2.42. The second-order valence-corrected chi connectivity index (χ2v) is 6.90. The van der Waals surface area contributed by atoms with Crippen LogP contribution in [0.15, 0.2) is 48.5 Å². The molecule has 5 nitrogen and oxygen atoms in total. The average Bonchev–Trinajstić information content (AvgIpc) is 2.71. The molecule has 6 heteroatoms. The minimum atomic E-state index is -0.310. The fourth-order valence-electron chi connectivity index (χ4n) is 3.33. The molecule has 0 unspecified atom stereocenters. The summed E-state index contributed by atoms with van der Waals surface area (Å²) in [4.78, 5) is 26.7. The van der Waals surface area contributed by atoms with Crippen LogP contribution < -0.4 is 10.1 Å². The van der Waals surface area contributed by atoms with E-state index in [0.717, 1.165) is 17.0 Å². The van der Waals surface area contributed by atoms with Crippen molar-refractivity contribution in [1.82, 2.24) is 4.90 Å². The van der Waals surface area contributed by atoms with Crippen LogP contribution in [0.3, 0.4) is 0 Å². The number of piperidine rings is 1. The molecule has 0 spiro atoms. The van der Waals surface area contributed by atoms with Gasteiger partial charge in [-0.1, -0.05) is 12.1 Å². The third kappa shape index (κ3) is 5.31. The highest BCUT2D eigenvalue weighted by Gasteiger charge is 2.27. The fraction of sp³-hybridized carbons (Fsp3) is 0.364. The number of halogens is 1. The minimum absolute atomic E-state index is 0.0111. The van der Waals surface area contributed by atoms with Crippen LogP contribution >= 0.6 is 0 Å². The van der Waals surface area contributed by atoms with Gasteiger partial charge in [-0.05, 0) is 61.7 Å². The lowest BCUT2D eigenvalue weighted by Gasteiger charge is -2.31. The molecule has 0 saturated carbocycles. The summed E-state index contributed by atoms with van der Waals surface area (Å²) in [6.45, 7) is 3.64. The van der Waals surface area contributed by atoms with Gasteiger partial charge in [-0.25, -0.2) is 4.39 Å². The second-order valence-electron chi connectivity index (χ2n) is 6.90. The Morgan fingerprint density at radius 2 is 1.71 bits per heavy atom. The van der Waals surface area contributed by atoms with E-state index >= 15 is 0 Å². The van der Waals surface area contributed by atoms with Crippen molar-refractivity contribution in [2.24, 2.45) is 5.92 Å². The van der Waals surface area contributed by atoms with Gasteiger partial charge in [0.1, 0.15) is 11.6 Å². The Morgan fingerprint density at radius 1 is 1.07 bits per heavy atom. The molecule has 1 saturated heterocycles. The number of carbonyl (C=O) groups excluding carboxylic acids is 2. The molecule has 0 radical (unpaired) electrons. The van der Waals surface area contributed by atoms with Crippen molar-refractivity contribution in [3.05, 3.63) is 59.9 Å². The van der Waals surface area contributed by atoms with Gasteiger partial charge in [0.15, 0.2) is 0 Å². The first-order chi connectivity index (χ1) is 13.5. The molecule has 28 heavy (non-hydrogen) atoms. The van der Waals surface area contributed by atoms with E-state index in [2.05, 4.69) is 5.32 Å². The van der Waals surface area contributed by atoms with Crippen molar-refractivity contribution in [1.29, 1.82) is 0 Å². The molecular weight excluding hydrogens is 359 g/mol. The van der Waals surface area contributed by atoms with Gasteiger partial charge in [-0.2, -0.15) is 0 Å². The predicted octanol–water partition coefficient (Wildman–Crippen LogP) is 3.64. The van der Waals surface area contributed by atoms with E-state index in [1.165, 1.54) is 12.1 Å². The van der Waals surface area contributed by atoms with Crippen LogP contribution in [0, 0.1) is 11.7 Å². The second kappa shape index (κ2) is 9.35. The zero-order chi connectivity index (χ0) is 19.9. The maximum absolute atomic E-state index is 13.0. The first kappa shape index (κ1) is 19.9. The highest BCUT2D eigenvalue weighted by Crippen LogP contribution is 2.21. The van der Waals surface area contributed by atoms with E-state index < -0.39 is 0 Å². The molecule has 2 aromatic rings. The summed E-state index contributed by atoms with van der Waals surface area (Å²) in [6.07, 6.45) is 1.53. The van der Waals surface area contributed by atoms with Crippen molar-refractivity contribution < 1.29 is 18.7 Å². The van der Waals surface area contributed by atoms with Crippen LogP contribution in [0.5, 0.6) is 5.75 Å². The number of rotatable bonds is 6. The Hall–Kier alpha value is -2.89. The number of nitrogens with zero attached hydrogens (tertiary/aromatic N) is 1. The maximum Gasteiger partial charge on any atom is 0.227 e. The number of carbonyl (C=O) groups is 2. The SMILES string of the molecule is CCOc1ccc(NC(=O)C2CCN(C(=O)Cc3ccc(F)cc3)CC2)cc1. The Balaban J connectivity index is 1.46. The molecule has 1 aliphatic heterocycles. The first-order valence-corrected chi connectivity index (χ1v) is 9.61. The summed E-state index contributed by atoms with van der Waals surface area (Å²) >= 11 is 0. The van der Waals surface area contributed by atoms with Gasteiger partial charge in [0.2, 0.25) is 11.8 Å². The third-order valence-electron chi connectivity index (χ3n) is 4.92. The van der Waals surface area contributed by atoms with E-state index in [0.29, 0.717) is 32.5 Å². The summed E-state index contributed by atoms with van der Waals surface area (Å²) in [5.41, 5.74) is 1.53. The summed E-state index contributed by atoms with van der Waals surface area (Å²) in [5.74, 6) is 0.345. The lowest BCUT2D eigenvalue weighted by atomic mass is 9.95. The number of hydrogen-bond acceptors (Lipinski definition) is 3. The molecule has 1 aliphatic rings. The van der Waals surface area contributed by atoms with E-state index in [1.807, 2.05) is 31.2 Å². The van der Waals surface area contributed by atoms with Crippen molar-refractivity contribution >= 4 is 17.5 Å². The number of amides is 2. The first-order valence-electron chi connectivity index (χ1n) is 9.61. The number of anilines is 1. The van der Waals surface area contributed by atoms with Crippen LogP contribution in [0.25, 0.3) is 0 Å². The van der Waals surface area contributed by atoms with Gasteiger partial charge in [0, 0.05) is 24.7 Å². The highest BCUT2D eigenvalue weighted by atomic mass is 19.1. The minimum Gasteiger partial charge on any atom is -0.494 e. The van der Waals surface area contributed by atoms with E-state index in [4.69, 9.17) is 4.74 Å². The monoisotopic (exact) mass is 384 g/mol. The lowest BCUT2D eigenvalue weighted by molar-refractivity contribution is -0.133. The topological polar surface area (TPSA) is 58.6 Å². The normalized spacial score (nSPS) is 14.6. The molecule has 1 N–H and O–H groups in total. The molecule has 1 fully saturated rings. The molecule has 2 aromatic carbocycles. The zero-order valence-electron chi connectivity index (χ0n) is 16.0. The summed E-state index contributed by atoms with van der Waals surface area (Å²) in [5, 5.41) is 2.94. The summed E-state index contributed by atoms with van der Waals surface area (Å²) < 4.78 is 18.4. The van der Waals surface area contributed by atoms with Crippen LogP contribution in [0.1, 0.15) is 25.3 Å². The molecule has 1 heterocycles. The number of likely N-dealkylation sites (tertiary alicyclic amines) is 1. The molecule has 148 valence electrons. The summed E-state index contributed by atoms with van der Waals surface area (Å²) in [7, 11) is 0. The number of hydrogen-bond donors (Lipinski definition) is 1. The number of nitrogens with one attached hydrogen (secondary N) is 1. The Morgan fingerprint density at radius 3 is 2.32 bits per heavy atom. The average molecular weight is 384 g/mol. The third-order valence-corrected chi connectivity index (χ3v) is 4.92. The number of ether oxygens (including phenoxy) is 1. The van der Waals surface area contributed by atoms with Crippen LogP contribution in [0.2, 0.25) is 0 Å². The van der Waals surface area contributed by atoms with Gasteiger partial charge in [-0.15, -0.1) is 0 Å². The fourth-order valence-corrected chi connectivity index (χ4v) is 3.33. The van der Waals surface area contributed by atoms with Gasteiger partial charge in [-0.3, -0.25) is 9.59 Å². The van der Waals surface area contributed by atoms with Crippen molar-refractivity contribution in [3.8, 4) is 5.75 Å². The van der Waals surface area contributed by atoms with E-state index in [1.54, 1.807) is 17.0 Å². The molecule has 0 aromatic heterocycles. The zero-order valence-corrected chi connectivity index (χ0v) is 16.0. The molecule has 2 amide bonds. The van der Waals surface area contributed by atoms with Gasteiger partial charge in [0.05, 0.1) is 13.0 Å². The van der Waals surface area contributed by atoms with Gasteiger partial charge >= 0.3 is 0 Å². The Labute approximate surface area is 164 Å².